The topological polar surface area (TPSA) is 106 Å². The van der Waals surface area contributed by atoms with Gasteiger partial charge in [0.25, 0.3) is 5.78 Å². The highest BCUT2D eigenvalue weighted by Gasteiger charge is 2.48. The molecule has 1 atom stereocenters. The molecule has 0 saturated carbocycles. The lowest BCUT2D eigenvalue weighted by molar-refractivity contribution is -0.132. The van der Waals surface area contributed by atoms with E-state index in [0.29, 0.717) is 29.2 Å². The fourth-order valence-corrected chi connectivity index (χ4v) is 4.98. The van der Waals surface area contributed by atoms with Crippen LogP contribution in [0.3, 0.4) is 0 Å². The number of aliphatic hydroxyl groups is 1. The average Bonchev–Trinajstić information content (AvgIpc) is 3.37. The van der Waals surface area contributed by atoms with Crippen LogP contribution in [-0.2, 0) is 14.3 Å². The number of carbonyl (C=O) groups excluding carboxylic acids is 3. The molecule has 1 aliphatic heterocycles. The van der Waals surface area contributed by atoms with Crippen molar-refractivity contribution in [2.75, 3.05) is 18.1 Å². The first-order valence-corrected chi connectivity index (χ1v) is 12.3. The van der Waals surface area contributed by atoms with Crippen LogP contribution >= 0.6 is 11.3 Å². The van der Waals surface area contributed by atoms with Gasteiger partial charge in [0.1, 0.15) is 16.4 Å². The molecule has 9 heteroatoms. The second-order valence-electron chi connectivity index (χ2n) is 8.17. The number of aliphatic hydroxyl groups excluding tert-OH is 1. The lowest BCUT2D eigenvalue weighted by Gasteiger charge is -2.23. The van der Waals surface area contributed by atoms with Gasteiger partial charge in [0.05, 0.1) is 30.5 Å². The monoisotopic (exact) mass is 506 g/mol. The van der Waals surface area contributed by atoms with Gasteiger partial charge >= 0.3 is 11.9 Å². The van der Waals surface area contributed by atoms with E-state index in [1.807, 2.05) is 26.0 Å². The second kappa shape index (κ2) is 10.3. The van der Waals surface area contributed by atoms with E-state index in [9.17, 15) is 19.5 Å². The summed E-state index contributed by atoms with van der Waals surface area (Å²) in [5.74, 6) is -1.90. The highest BCUT2D eigenvalue weighted by Crippen LogP contribution is 2.44. The molecule has 1 fully saturated rings. The Morgan fingerprint density at radius 2 is 1.69 bits per heavy atom. The lowest BCUT2D eigenvalue weighted by atomic mass is 9.95. The summed E-state index contributed by atoms with van der Waals surface area (Å²) in [6.07, 6.45) is 0. The van der Waals surface area contributed by atoms with E-state index < -0.39 is 23.7 Å². The van der Waals surface area contributed by atoms with Crippen molar-refractivity contribution in [2.45, 2.75) is 33.7 Å². The first-order chi connectivity index (χ1) is 17.3. The van der Waals surface area contributed by atoms with E-state index >= 15 is 0 Å². The maximum absolute atomic E-state index is 13.3. The Hall–Kier alpha value is -3.98. The highest BCUT2D eigenvalue weighted by molar-refractivity contribution is 7.17. The van der Waals surface area contributed by atoms with E-state index in [2.05, 4.69) is 4.98 Å². The van der Waals surface area contributed by atoms with E-state index in [-0.39, 0.29) is 27.9 Å². The molecule has 1 aliphatic rings. The molecule has 4 rings (SSSR count). The zero-order chi connectivity index (χ0) is 26.0. The third kappa shape index (κ3) is 4.61. The van der Waals surface area contributed by atoms with Crippen molar-refractivity contribution in [1.29, 1.82) is 0 Å². The molecule has 1 N–H and O–H groups in total. The Kier molecular flexibility index (Phi) is 7.21. The number of ether oxygens (including phenoxy) is 2. The molecule has 0 radical (unpaired) electrons. The minimum absolute atomic E-state index is 0.0569. The van der Waals surface area contributed by atoms with E-state index in [0.717, 1.165) is 16.9 Å². The van der Waals surface area contributed by atoms with Crippen molar-refractivity contribution in [2.24, 2.45) is 0 Å². The zero-order valence-electron chi connectivity index (χ0n) is 20.4. The van der Waals surface area contributed by atoms with Gasteiger partial charge in [0.15, 0.2) is 5.13 Å². The second-order valence-corrected chi connectivity index (χ2v) is 9.15. The Balaban J connectivity index is 1.87. The van der Waals surface area contributed by atoms with Crippen molar-refractivity contribution >= 4 is 39.9 Å². The number of esters is 1. The van der Waals surface area contributed by atoms with Crippen molar-refractivity contribution in [3.63, 3.8) is 0 Å². The van der Waals surface area contributed by atoms with Crippen molar-refractivity contribution in [3.05, 3.63) is 81.4 Å². The molecule has 0 aliphatic carbocycles. The maximum atomic E-state index is 13.3. The Morgan fingerprint density at radius 1 is 1.03 bits per heavy atom. The van der Waals surface area contributed by atoms with Gasteiger partial charge in [-0.15, -0.1) is 0 Å². The third-order valence-electron chi connectivity index (χ3n) is 5.73. The number of amides is 1. The number of nitrogens with zero attached hydrogens (tertiary/aromatic N) is 2. The molecule has 2 heterocycles. The van der Waals surface area contributed by atoms with Crippen molar-refractivity contribution in [1.82, 2.24) is 4.98 Å². The number of ketones is 1. The number of hydrogen-bond donors (Lipinski definition) is 1. The van der Waals surface area contributed by atoms with Crippen molar-refractivity contribution in [3.8, 4) is 5.75 Å². The molecule has 8 nitrogen and oxygen atoms in total. The van der Waals surface area contributed by atoms with E-state index in [1.54, 1.807) is 50.2 Å². The molecule has 36 heavy (non-hydrogen) atoms. The van der Waals surface area contributed by atoms with Gasteiger partial charge in [-0.1, -0.05) is 41.2 Å². The summed E-state index contributed by atoms with van der Waals surface area (Å²) in [6.45, 7) is 7.82. The van der Waals surface area contributed by atoms with E-state index in [1.165, 1.54) is 4.90 Å². The Morgan fingerprint density at radius 3 is 2.31 bits per heavy atom. The number of thiazole rings is 1. The Bertz CT molecular complexity index is 1340. The Labute approximate surface area is 212 Å². The number of carbonyl (C=O) groups is 3. The van der Waals surface area contributed by atoms with Gasteiger partial charge in [0.2, 0.25) is 0 Å². The van der Waals surface area contributed by atoms with Gasteiger partial charge < -0.3 is 14.6 Å². The van der Waals surface area contributed by atoms with Crippen LogP contribution in [0.4, 0.5) is 5.13 Å². The van der Waals surface area contributed by atoms with Crippen LogP contribution in [0, 0.1) is 13.8 Å². The molecule has 1 aromatic heterocycles. The first kappa shape index (κ1) is 25.1. The van der Waals surface area contributed by atoms with Crippen LogP contribution < -0.4 is 9.64 Å². The molecule has 0 bridgehead atoms. The van der Waals surface area contributed by atoms with Crippen LogP contribution in [0.1, 0.15) is 51.9 Å². The molecule has 2 aromatic carbocycles. The van der Waals surface area contributed by atoms with Gasteiger partial charge in [0, 0.05) is 5.56 Å². The molecule has 1 saturated heterocycles. The summed E-state index contributed by atoms with van der Waals surface area (Å²) in [4.78, 5) is 44.9. The largest absolute Gasteiger partial charge is 0.507 e. The van der Waals surface area contributed by atoms with Gasteiger partial charge in [-0.25, -0.2) is 9.78 Å². The van der Waals surface area contributed by atoms with Crippen LogP contribution in [-0.4, -0.2) is 41.0 Å². The summed E-state index contributed by atoms with van der Waals surface area (Å²) in [5.41, 5.74) is 2.33. The van der Waals surface area contributed by atoms with Crippen LogP contribution in [0.2, 0.25) is 0 Å². The predicted molar refractivity (Wildman–Crippen MR) is 136 cm³/mol. The molecule has 186 valence electrons. The summed E-state index contributed by atoms with van der Waals surface area (Å²) in [7, 11) is 0. The quantitative estimate of drug-likeness (QED) is 0.209. The number of rotatable bonds is 7. The number of anilines is 1. The van der Waals surface area contributed by atoms with Crippen LogP contribution in [0.25, 0.3) is 5.76 Å². The fourth-order valence-electron chi connectivity index (χ4n) is 4.00. The first-order valence-electron chi connectivity index (χ1n) is 11.5. The van der Waals surface area contributed by atoms with E-state index in [4.69, 9.17) is 9.47 Å². The highest BCUT2D eigenvalue weighted by atomic mass is 32.1. The smallest absolute Gasteiger partial charge is 0.350 e. The SMILES string of the molecule is CCOC(=O)c1sc(N2C(=O)C(=O)C(=C(O)c3ccc(OCC)cc3)[C@H]2c2ccc(C)cc2)nc1C. The minimum atomic E-state index is -0.933. The zero-order valence-corrected chi connectivity index (χ0v) is 21.2. The summed E-state index contributed by atoms with van der Waals surface area (Å²) in [5, 5.41) is 11.4. The number of aromatic nitrogens is 1. The minimum Gasteiger partial charge on any atom is -0.507 e. The maximum Gasteiger partial charge on any atom is 0.350 e. The third-order valence-corrected chi connectivity index (χ3v) is 6.87. The van der Waals surface area contributed by atoms with Crippen LogP contribution in [0.5, 0.6) is 5.75 Å². The number of aryl methyl sites for hydroxylation is 2. The average molecular weight is 507 g/mol. The molecule has 3 aromatic rings. The summed E-state index contributed by atoms with van der Waals surface area (Å²) >= 11 is 0.976. The molecular weight excluding hydrogens is 480 g/mol. The normalized spacial score (nSPS) is 16.9. The molecule has 0 spiro atoms. The number of hydrogen-bond acceptors (Lipinski definition) is 8. The number of benzene rings is 2. The fraction of sp³-hybridized carbons (Fsp3) is 0.259. The van der Waals surface area contributed by atoms with Crippen LogP contribution in [0.15, 0.2) is 54.1 Å². The van der Waals surface area contributed by atoms with Crippen molar-refractivity contribution < 1.29 is 29.0 Å². The molecule has 1 amide bonds. The predicted octanol–water partition coefficient (Wildman–Crippen LogP) is 4.96. The molecular formula is C27H26N2O6S. The van der Waals surface area contributed by atoms with Gasteiger partial charge in [-0.2, -0.15) is 0 Å². The molecule has 0 unspecified atom stereocenters. The summed E-state index contributed by atoms with van der Waals surface area (Å²) in [6, 6.07) is 13.0. The standard InChI is InChI=1S/C27H26N2O6S/c1-5-34-19-13-11-18(12-14-19)22(30)20-21(17-9-7-15(3)8-10-17)29(25(32)23(20)31)27-28-16(4)24(36-27)26(33)35-6-2/h7-14,21,30H,5-6H2,1-4H3/t21-/m1/s1. The van der Waals surface area contributed by atoms with Gasteiger partial charge in [-0.05, 0) is 57.5 Å². The summed E-state index contributed by atoms with van der Waals surface area (Å²) < 4.78 is 10.6. The number of Topliss-reactive ketones (excluding diaryl/α,β-unsaturated/α-hetero) is 1. The van der Waals surface area contributed by atoms with Gasteiger partial charge in [-0.3, -0.25) is 14.5 Å². The lowest BCUT2D eigenvalue weighted by Crippen LogP contribution is -2.29.